The SMILES string of the molecule is COc1ccccc1-n1cnnc1SCC(=O)N1CCS[C@H]1c1ccccc1F. The van der Waals surface area contributed by atoms with Crippen LogP contribution in [0.2, 0.25) is 0 Å². The molecule has 0 saturated carbocycles. The molecule has 0 radical (unpaired) electrons. The van der Waals surface area contributed by atoms with Crippen LogP contribution in [0.25, 0.3) is 5.69 Å². The van der Waals surface area contributed by atoms with Gasteiger partial charge in [0.05, 0.1) is 18.6 Å². The molecule has 0 N–H and O–H groups in total. The molecular formula is C20H19FN4O2S2. The number of ether oxygens (including phenoxy) is 1. The van der Waals surface area contributed by atoms with Crippen LogP contribution < -0.4 is 4.74 Å². The second kappa shape index (κ2) is 8.87. The summed E-state index contributed by atoms with van der Waals surface area (Å²) in [5, 5.41) is 8.42. The smallest absolute Gasteiger partial charge is 0.234 e. The summed E-state index contributed by atoms with van der Waals surface area (Å²) in [7, 11) is 1.60. The van der Waals surface area contributed by atoms with Gasteiger partial charge in [0.1, 0.15) is 23.3 Å². The van der Waals surface area contributed by atoms with E-state index in [1.807, 2.05) is 24.3 Å². The quantitative estimate of drug-likeness (QED) is 0.555. The lowest BCUT2D eigenvalue weighted by Gasteiger charge is -2.24. The van der Waals surface area contributed by atoms with Crippen molar-refractivity contribution in [1.82, 2.24) is 19.7 Å². The van der Waals surface area contributed by atoms with Gasteiger partial charge in [-0.2, -0.15) is 0 Å². The van der Waals surface area contributed by atoms with Crippen molar-refractivity contribution >= 4 is 29.4 Å². The van der Waals surface area contributed by atoms with Crippen LogP contribution in [-0.4, -0.2) is 50.7 Å². The monoisotopic (exact) mass is 430 g/mol. The zero-order valence-corrected chi connectivity index (χ0v) is 17.3. The number of methoxy groups -OCH3 is 1. The molecule has 150 valence electrons. The fraction of sp³-hybridized carbons (Fsp3) is 0.250. The van der Waals surface area contributed by atoms with Crippen LogP contribution in [-0.2, 0) is 4.79 Å². The second-order valence-corrected chi connectivity index (χ2v) is 8.41. The molecule has 1 atom stereocenters. The van der Waals surface area contributed by atoms with E-state index in [1.54, 1.807) is 52.9 Å². The number of nitrogens with zero attached hydrogens (tertiary/aromatic N) is 4. The van der Waals surface area contributed by atoms with Crippen molar-refractivity contribution in [1.29, 1.82) is 0 Å². The average molecular weight is 431 g/mol. The van der Waals surface area contributed by atoms with Crippen molar-refractivity contribution in [3.63, 3.8) is 0 Å². The van der Waals surface area contributed by atoms with E-state index in [2.05, 4.69) is 10.2 Å². The van der Waals surface area contributed by atoms with Gasteiger partial charge in [0.2, 0.25) is 5.91 Å². The predicted octanol–water partition coefficient (Wildman–Crippen LogP) is 3.78. The van der Waals surface area contributed by atoms with Gasteiger partial charge >= 0.3 is 0 Å². The molecule has 1 saturated heterocycles. The van der Waals surface area contributed by atoms with Gasteiger partial charge in [-0.3, -0.25) is 9.36 Å². The Labute approximate surface area is 176 Å². The Bertz CT molecular complexity index is 1010. The van der Waals surface area contributed by atoms with E-state index in [1.165, 1.54) is 17.8 Å². The summed E-state index contributed by atoms with van der Waals surface area (Å²) in [5.41, 5.74) is 1.35. The van der Waals surface area contributed by atoms with Gasteiger partial charge in [0.15, 0.2) is 5.16 Å². The number of hydrogen-bond donors (Lipinski definition) is 0. The zero-order chi connectivity index (χ0) is 20.2. The molecule has 9 heteroatoms. The van der Waals surface area contributed by atoms with E-state index in [0.717, 1.165) is 11.4 Å². The molecule has 0 aliphatic carbocycles. The Morgan fingerprint density at radius 2 is 2.07 bits per heavy atom. The number of thioether (sulfide) groups is 2. The molecule has 3 aromatic rings. The van der Waals surface area contributed by atoms with Crippen LogP contribution in [0.5, 0.6) is 5.75 Å². The minimum absolute atomic E-state index is 0.0529. The third kappa shape index (κ3) is 4.11. The molecule has 4 rings (SSSR count). The molecule has 1 aliphatic rings. The third-order valence-corrected chi connectivity index (χ3v) is 6.74. The van der Waals surface area contributed by atoms with Crippen LogP contribution in [0.1, 0.15) is 10.9 Å². The number of carbonyl (C=O) groups excluding carboxylic acids is 1. The number of para-hydroxylation sites is 2. The maximum absolute atomic E-state index is 14.2. The van der Waals surface area contributed by atoms with Gasteiger partial charge in [-0.05, 0) is 18.2 Å². The minimum Gasteiger partial charge on any atom is -0.495 e. The van der Waals surface area contributed by atoms with Crippen molar-refractivity contribution in [2.24, 2.45) is 0 Å². The Hall–Kier alpha value is -2.52. The maximum Gasteiger partial charge on any atom is 0.234 e. The Balaban J connectivity index is 1.48. The highest BCUT2D eigenvalue weighted by Gasteiger charge is 2.32. The average Bonchev–Trinajstić information content (AvgIpc) is 3.42. The lowest BCUT2D eigenvalue weighted by molar-refractivity contribution is -0.128. The van der Waals surface area contributed by atoms with E-state index in [0.29, 0.717) is 23.0 Å². The van der Waals surface area contributed by atoms with Crippen LogP contribution in [0, 0.1) is 5.82 Å². The Morgan fingerprint density at radius 1 is 1.28 bits per heavy atom. The molecule has 2 heterocycles. The highest BCUT2D eigenvalue weighted by molar-refractivity contribution is 8.00. The van der Waals surface area contributed by atoms with Gasteiger partial charge in [0.25, 0.3) is 0 Å². The normalized spacial score (nSPS) is 16.2. The largest absolute Gasteiger partial charge is 0.495 e. The molecule has 6 nitrogen and oxygen atoms in total. The Morgan fingerprint density at radius 3 is 2.90 bits per heavy atom. The van der Waals surface area contributed by atoms with Crippen molar-refractivity contribution < 1.29 is 13.9 Å². The maximum atomic E-state index is 14.2. The van der Waals surface area contributed by atoms with E-state index in [9.17, 15) is 9.18 Å². The zero-order valence-electron chi connectivity index (χ0n) is 15.7. The van der Waals surface area contributed by atoms with Gasteiger partial charge in [-0.25, -0.2) is 4.39 Å². The van der Waals surface area contributed by atoms with Gasteiger partial charge in [-0.15, -0.1) is 22.0 Å². The molecular weight excluding hydrogens is 411 g/mol. The fourth-order valence-electron chi connectivity index (χ4n) is 3.18. The van der Waals surface area contributed by atoms with Gasteiger partial charge in [0, 0.05) is 17.9 Å². The molecule has 0 unspecified atom stereocenters. The lowest BCUT2D eigenvalue weighted by Crippen LogP contribution is -2.32. The van der Waals surface area contributed by atoms with E-state index in [-0.39, 0.29) is 22.9 Å². The predicted molar refractivity (Wildman–Crippen MR) is 112 cm³/mol. The lowest BCUT2D eigenvalue weighted by atomic mass is 10.2. The number of rotatable bonds is 6. The summed E-state index contributed by atoms with van der Waals surface area (Å²) in [6.45, 7) is 0.599. The number of carbonyl (C=O) groups is 1. The van der Waals surface area contributed by atoms with E-state index < -0.39 is 0 Å². The molecule has 1 aromatic heterocycles. The molecule has 29 heavy (non-hydrogen) atoms. The van der Waals surface area contributed by atoms with Crippen LogP contribution >= 0.6 is 23.5 Å². The van der Waals surface area contributed by atoms with E-state index in [4.69, 9.17) is 4.74 Å². The van der Waals surface area contributed by atoms with Crippen LogP contribution in [0.3, 0.4) is 0 Å². The van der Waals surface area contributed by atoms with Crippen molar-refractivity contribution in [2.45, 2.75) is 10.5 Å². The highest BCUT2D eigenvalue weighted by atomic mass is 32.2. The molecule has 1 amide bonds. The van der Waals surface area contributed by atoms with Gasteiger partial charge in [-0.1, -0.05) is 42.1 Å². The summed E-state index contributed by atoms with van der Waals surface area (Å²) in [4.78, 5) is 14.6. The molecule has 2 aromatic carbocycles. The highest BCUT2D eigenvalue weighted by Crippen LogP contribution is 2.39. The first-order valence-electron chi connectivity index (χ1n) is 9.00. The van der Waals surface area contributed by atoms with E-state index >= 15 is 0 Å². The molecule has 0 spiro atoms. The van der Waals surface area contributed by atoms with Crippen molar-refractivity contribution in [3.05, 3.63) is 66.2 Å². The molecule has 1 fully saturated rings. The Kier molecular flexibility index (Phi) is 6.05. The molecule has 1 aliphatic heterocycles. The number of aromatic nitrogens is 3. The summed E-state index contributed by atoms with van der Waals surface area (Å²) in [6, 6.07) is 14.2. The summed E-state index contributed by atoms with van der Waals surface area (Å²) in [5.74, 6) is 1.33. The number of hydrogen-bond acceptors (Lipinski definition) is 6. The number of amides is 1. The number of benzene rings is 2. The first-order valence-corrected chi connectivity index (χ1v) is 11.0. The number of halogens is 1. The van der Waals surface area contributed by atoms with Crippen LogP contribution in [0.15, 0.2) is 60.0 Å². The molecule has 0 bridgehead atoms. The first-order chi connectivity index (χ1) is 14.2. The summed E-state index contributed by atoms with van der Waals surface area (Å²) >= 11 is 2.88. The van der Waals surface area contributed by atoms with Crippen LogP contribution in [0.4, 0.5) is 4.39 Å². The third-order valence-electron chi connectivity index (χ3n) is 4.57. The second-order valence-electron chi connectivity index (χ2n) is 6.28. The van der Waals surface area contributed by atoms with Crippen molar-refractivity contribution in [3.8, 4) is 11.4 Å². The minimum atomic E-state index is -0.295. The fourth-order valence-corrected chi connectivity index (χ4v) is 5.29. The summed E-state index contributed by atoms with van der Waals surface area (Å²) < 4.78 is 21.4. The standard InChI is InChI=1S/C20H19FN4O2S2/c1-27-17-9-5-4-8-16(17)25-13-22-23-20(25)29-12-18(26)24-10-11-28-19(24)14-6-2-3-7-15(14)21/h2-9,13,19H,10-12H2,1H3/t19-/m0/s1. The first kappa shape index (κ1) is 19.8. The van der Waals surface area contributed by atoms with Gasteiger partial charge < -0.3 is 9.64 Å². The topological polar surface area (TPSA) is 60.2 Å². The van der Waals surface area contributed by atoms with Crippen molar-refractivity contribution in [2.75, 3.05) is 25.2 Å². The summed E-state index contributed by atoms with van der Waals surface area (Å²) in [6.07, 6.45) is 1.60.